The summed E-state index contributed by atoms with van der Waals surface area (Å²) < 4.78 is 0. The predicted octanol–water partition coefficient (Wildman–Crippen LogP) is 3.65. The van der Waals surface area contributed by atoms with Crippen molar-refractivity contribution in [2.45, 2.75) is 58.6 Å². The zero-order valence-electron chi connectivity index (χ0n) is 28.6. The number of nitrogens with one attached hydrogen (secondary N) is 2. The molecule has 0 bridgehead atoms. The molecule has 0 aliphatic rings. The standard InChI is InChI=1S/C37H49N5O6/c1-6-18-41(19-7-2)37(48)30-23-28(22-29(24-30)36(47)40(4)5)35(46)38-32(20-27-14-16-31(43)17-15-27)33(44)25-42(8-3)39-34(45)21-26-12-10-9-11-13-26/h9-17,22-24,32-33,43-44H,6-8,18-21,25H2,1-5H3,(H,38,46)(H,39,45). The number of hydrazine groups is 1. The summed E-state index contributed by atoms with van der Waals surface area (Å²) in [6.45, 7) is 7.28. The lowest BCUT2D eigenvalue weighted by atomic mass is 9.99. The third kappa shape index (κ3) is 11.2. The second-order valence-electron chi connectivity index (χ2n) is 12.0. The van der Waals surface area contributed by atoms with Gasteiger partial charge >= 0.3 is 0 Å². The average Bonchev–Trinajstić information content (AvgIpc) is 3.07. The number of hydrogen-bond donors (Lipinski definition) is 4. The summed E-state index contributed by atoms with van der Waals surface area (Å²) in [6, 6.07) is 19.4. The van der Waals surface area contributed by atoms with E-state index in [9.17, 15) is 29.4 Å². The Labute approximate surface area is 283 Å². The number of hydrogen-bond acceptors (Lipinski definition) is 7. The number of rotatable bonds is 17. The molecule has 4 amide bonds. The van der Waals surface area contributed by atoms with Gasteiger partial charge in [0.15, 0.2) is 0 Å². The van der Waals surface area contributed by atoms with Gasteiger partial charge < -0.3 is 25.3 Å². The minimum Gasteiger partial charge on any atom is -0.508 e. The molecule has 0 aromatic heterocycles. The molecule has 3 aromatic rings. The Morgan fingerprint density at radius 2 is 1.35 bits per heavy atom. The highest BCUT2D eigenvalue weighted by Crippen LogP contribution is 2.18. The Hall–Kier alpha value is -4.74. The summed E-state index contributed by atoms with van der Waals surface area (Å²) in [7, 11) is 3.19. The molecule has 0 aliphatic heterocycles. The van der Waals surface area contributed by atoms with Crippen LogP contribution in [0.2, 0.25) is 0 Å². The number of phenols is 1. The third-order valence-electron chi connectivity index (χ3n) is 7.82. The van der Waals surface area contributed by atoms with E-state index in [4.69, 9.17) is 0 Å². The van der Waals surface area contributed by atoms with Gasteiger partial charge in [0.2, 0.25) is 5.91 Å². The van der Waals surface area contributed by atoms with Gasteiger partial charge in [0.1, 0.15) is 5.75 Å². The van der Waals surface area contributed by atoms with Crippen molar-refractivity contribution in [1.82, 2.24) is 25.6 Å². The van der Waals surface area contributed by atoms with E-state index in [1.165, 1.54) is 35.2 Å². The van der Waals surface area contributed by atoms with Gasteiger partial charge in [-0.25, -0.2) is 5.01 Å². The van der Waals surface area contributed by atoms with Gasteiger partial charge in [-0.2, -0.15) is 0 Å². The highest BCUT2D eigenvalue weighted by Gasteiger charge is 2.27. The lowest BCUT2D eigenvalue weighted by Gasteiger charge is -2.30. The summed E-state index contributed by atoms with van der Waals surface area (Å²) in [6.07, 6.45) is 0.738. The van der Waals surface area contributed by atoms with Crippen LogP contribution in [0, 0.1) is 0 Å². The van der Waals surface area contributed by atoms with Gasteiger partial charge in [0.25, 0.3) is 17.7 Å². The molecule has 4 N–H and O–H groups in total. The molecule has 2 unspecified atom stereocenters. The Kier molecular flexibility index (Phi) is 14.6. The molecule has 0 saturated heterocycles. The number of phenolic OH excluding ortho intramolecular Hbond substituents is 1. The molecule has 0 fully saturated rings. The van der Waals surface area contributed by atoms with Crippen LogP contribution in [0.15, 0.2) is 72.8 Å². The molecular formula is C37H49N5O6. The van der Waals surface area contributed by atoms with Crippen LogP contribution < -0.4 is 10.7 Å². The van der Waals surface area contributed by atoms with Gasteiger partial charge in [-0.3, -0.25) is 24.6 Å². The molecule has 11 heteroatoms. The Balaban J connectivity index is 1.90. The van der Waals surface area contributed by atoms with Crippen molar-refractivity contribution >= 4 is 23.6 Å². The van der Waals surface area contributed by atoms with Crippen LogP contribution in [-0.2, 0) is 17.6 Å². The lowest BCUT2D eigenvalue weighted by molar-refractivity contribution is -0.125. The zero-order valence-corrected chi connectivity index (χ0v) is 28.6. The van der Waals surface area contributed by atoms with Crippen LogP contribution in [0.5, 0.6) is 5.75 Å². The van der Waals surface area contributed by atoms with Gasteiger partial charge in [-0.15, -0.1) is 0 Å². The fourth-order valence-corrected chi connectivity index (χ4v) is 5.33. The SMILES string of the molecule is CCCN(CCC)C(=O)c1cc(C(=O)NC(Cc2ccc(O)cc2)C(O)CN(CC)NC(=O)Cc2ccccc2)cc(C(=O)N(C)C)c1. The van der Waals surface area contributed by atoms with Crippen LogP contribution in [0.25, 0.3) is 0 Å². The lowest BCUT2D eigenvalue weighted by Crippen LogP contribution is -2.53. The number of carbonyl (C=O) groups is 4. The quantitative estimate of drug-likeness (QED) is 0.162. The maximum absolute atomic E-state index is 13.9. The smallest absolute Gasteiger partial charge is 0.253 e. The molecule has 258 valence electrons. The fourth-order valence-electron chi connectivity index (χ4n) is 5.33. The minimum absolute atomic E-state index is 0.00590. The topological polar surface area (TPSA) is 143 Å². The maximum Gasteiger partial charge on any atom is 0.253 e. The normalized spacial score (nSPS) is 12.2. The summed E-state index contributed by atoms with van der Waals surface area (Å²) >= 11 is 0. The molecule has 3 rings (SSSR count). The predicted molar refractivity (Wildman–Crippen MR) is 186 cm³/mol. The van der Waals surface area contributed by atoms with E-state index >= 15 is 0 Å². The molecule has 0 aliphatic carbocycles. The molecule has 2 atom stereocenters. The number of aliphatic hydroxyl groups is 1. The van der Waals surface area contributed by atoms with Gasteiger partial charge in [0.05, 0.1) is 18.6 Å². The molecule has 0 saturated carbocycles. The second kappa shape index (κ2) is 18.6. The van der Waals surface area contributed by atoms with Crippen LogP contribution in [0.1, 0.15) is 75.8 Å². The summed E-state index contributed by atoms with van der Waals surface area (Å²) in [5.41, 5.74) is 4.96. The fraction of sp³-hybridized carbons (Fsp3) is 0.405. The molecule has 3 aromatic carbocycles. The molecule has 11 nitrogen and oxygen atoms in total. The second-order valence-corrected chi connectivity index (χ2v) is 12.0. The number of amides is 4. The van der Waals surface area contributed by atoms with Crippen molar-refractivity contribution in [3.8, 4) is 5.75 Å². The molecule has 0 radical (unpaired) electrons. The van der Waals surface area contributed by atoms with E-state index in [1.807, 2.05) is 51.1 Å². The number of aromatic hydroxyl groups is 1. The molecule has 0 spiro atoms. The van der Waals surface area contributed by atoms with Crippen LogP contribution >= 0.6 is 0 Å². The Bertz CT molecular complexity index is 1510. The highest BCUT2D eigenvalue weighted by atomic mass is 16.3. The number of nitrogens with zero attached hydrogens (tertiary/aromatic N) is 3. The maximum atomic E-state index is 13.9. The Morgan fingerprint density at radius 3 is 1.92 bits per heavy atom. The summed E-state index contributed by atoms with van der Waals surface area (Å²) in [5.74, 6) is -1.37. The highest BCUT2D eigenvalue weighted by molar-refractivity contribution is 6.04. The van der Waals surface area contributed by atoms with Crippen molar-refractivity contribution in [3.63, 3.8) is 0 Å². The minimum atomic E-state index is -1.14. The Morgan fingerprint density at radius 1 is 0.771 bits per heavy atom. The number of carbonyl (C=O) groups excluding carboxylic acids is 4. The van der Waals surface area contributed by atoms with Crippen molar-refractivity contribution < 1.29 is 29.4 Å². The van der Waals surface area contributed by atoms with Crippen LogP contribution in [0.4, 0.5) is 0 Å². The first-order chi connectivity index (χ1) is 22.9. The largest absolute Gasteiger partial charge is 0.508 e. The number of likely N-dealkylation sites (N-methyl/N-ethyl adjacent to an activating group) is 1. The van der Waals surface area contributed by atoms with E-state index in [2.05, 4.69) is 10.7 Å². The number of aliphatic hydroxyl groups excluding tert-OH is 1. The van der Waals surface area contributed by atoms with Gasteiger partial charge in [-0.05, 0) is 60.7 Å². The average molecular weight is 660 g/mol. The monoisotopic (exact) mass is 659 g/mol. The van der Waals surface area contributed by atoms with E-state index in [-0.39, 0.29) is 59.5 Å². The third-order valence-corrected chi connectivity index (χ3v) is 7.82. The van der Waals surface area contributed by atoms with E-state index < -0.39 is 18.1 Å². The summed E-state index contributed by atoms with van der Waals surface area (Å²) in [5, 5.41) is 25.8. The van der Waals surface area contributed by atoms with Crippen molar-refractivity contribution in [3.05, 3.63) is 101 Å². The van der Waals surface area contributed by atoms with E-state index in [0.29, 0.717) is 19.6 Å². The van der Waals surface area contributed by atoms with Crippen LogP contribution in [0.3, 0.4) is 0 Å². The van der Waals surface area contributed by atoms with E-state index in [1.54, 1.807) is 36.1 Å². The molecular weight excluding hydrogens is 610 g/mol. The zero-order chi connectivity index (χ0) is 35.2. The van der Waals surface area contributed by atoms with E-state index in [0.717, 1.165) is 24.0 Å². The van der Waals surface area contributed by atoms with Gasteiger partial charge in [0, 0.05) is 57.0 Å². The molecule has 0 heterocycles. The van der Waals surface area contributed by atoms with Crippen molar-refractivity contribution in [2.75, 3.05) is 40.3 Å². The number of benzene rings is 3. The van der Waals surface area contributed by atoms with Gasteiger partial charge in [-0.1, -0.05) is 63.2 Å². The first kappa shape index (κ1) is 37.7. The molecule has 48 heavy (non-hydrogen) atoms. The van der Waals surface area contributed by atoms with Crippen LogP contribution in [-0.4, -0.2) is 101 Å². The van der Waals surface area contributed by atoms with Crippen molar-refractivity contribution in [1.29, 1.82) is 0 Å². The van der Waals surface area contributed by atoms with Crippen molar-refractivity contribution in [2.24, 2.45) is 0 Å². The first-order valence-electron chi connectivity index (χ1n) is 16.5. The first-order valence-corrected chi connectivity index (χ1v) is 16.5. The summed E-state index contributed by atoms with van der Waals surface area (Å²) in [4.78, 5) is 56.4.